The Morgan fingerprint density at radius 3 is 2.45 bits per heavy atom. The molecule has 2 aromatic carbocycles. The lowest BCUT2D eigenvalue weighted by molar-refractivity contribution is -0.140. The molecule has 0 heterocycles. The van der Waals surface area contributed by atoms with Crippen LogP contribution in [0.3, 0.4) is 0 Å². The van der Waals surface area contributed by atoms with E-state index in [1.807, 2.05) is 45.0 Å². The van der Waals surface area contributed by atoms with Crippen LogP contribution in [-0.4, -0.2) is 28.8 Å². The third-order valence-corrected chi connectivity index (χ3v) is 5.51. The molecule has 6 heteroatoms. The summed E-state index contributed by atoms with van der Waals surface area (Å²) in [6, 6.07) is 11.3. The van der Waals surface area contributed by atoms with Crippen molar-refractivity contribution >= 4 is 23.4 Å². The van der Waals surface area contributed by atoms with Crippen LogP contribution in [0, 0.1) is 12.7 Å². The van der Waals surface area contributed by atoms with Crippen LogP contribution < -0.4 is 5.32 Å². The topological polar surface area (TPSA) is 49.4 Å². The molecule has 0 radical (unpaired) electrons. The minimum Gasteiger partial charge on any atom is -0.352 e. The monoisotopic (exact) mass is 418 g/mol. The normalized spacial score (nSPS) is 12.9. The van der Waals surface area contributed by atoms with Crippen LogP contribution in [0.15, 0.2) is 42.5 Å². The molecule has 0 fully saturated rings. The lowest BCUT2D eigenvalue weighted by atomic mass is 10.1. The zero-order chi connectivity index (χ0) is 21.6. The van der Waals surface area contributed by atoms with Crippen LogP contribution in [0.25, 0.3) is 0 Å². The highest BCUT2D eigenvalue weighted by Gasteiger charge is 2.28. The van der Waals surface area contributed by atoms with Gasteiger partial charge in [0.25, 0.3) is 0 Å². The predicted molar refractivity (Wildman–Crippen MR) is 114 cm³/mol. The summed E-state index contributed by atoms with van der Waals surface area (Å²) in [5.74, 6) is -1.12. The summed E-state index contributed by atoms with van der Waals surface area (Å²) in [5.41, 5.74) is 2.09. The molecule has 0 saturated carbocycles. The molecule has 0 spiro atoms. The van der Waals surface area contributed by atoms with Crippen LogP contribution in [-0.2, 0) is 22.6 Å². The Labute approximate surface area is 177 Å². The quantitative estimate of drug-likeness (QED) is 0.677. The number of carbonyl (C=O) groups is 2. The largest absolute Gasteiger partial charge is 0.352 e. The van der Waals surface area contributed by atoms with Crippen molar-refractivity contribution in [2.45, 2.75) is 59.2 Å². The number of aryl methyl sites for hydroxylation is 1. The van der Waals surface area contributed by atoms with Gasteiger partial charge in [0.1, 0.15) is 11.9 Å². The van der Waals surface area contributed by atoms with Gasteiger partial charge >= 0.3 is 0 Å². The molecule has 2 atom stereocenters. The third kappa shape index (κ3) is 6.04. The van der Waals surface area contributed by atoms with E-state index in [4.69, 9.17) is 11.6 Å². The lowest BCUT2D eigenvalue weighted by Crippen LogP contribution is -2.50. The second kappa shape index (κ2) is 10.4. The summed E-state index contributed by atoms with van der Waals surface area (Å²) in [4.78, 5) is 27.4. The summed E-state index contributed by atoms with van der Waals surface area (Å²) in [7, 11) is 0. The van der Waals surface area contributed by atoms with Gasteiger partial charge in [0.05, 0.1) is 6.42 Å². The summed E-state index contributed by atoms with van der Waals surface area (Å²) in [6.45, 7) is 7.79. The fourth-order valence-corrected chi connectivity index (χ4v) is 3.20. The van der Waals surface area contributed by atoms with Crippen molar-refractivity contribution in [3.8, 4) is 0 Å². The molecule has 0 aliphatic carbocycles. The zero-order valence-corrected chi connectivity index (χ0v) is 18.1. The van der Waals surface area contributed by atoms with Gasteiger partial charge in [-0.15, -0.1) is 0 Å². The Kier molecular flexibility index (Phi) is 8.21. The van der Waals surface area contributed by atoms with Crippen molar-refractivity contribution in [1.82, 2.24) is 10.2 Å². The van der Waals surface area contributed by atoms with E-state index in [1.165, 1.54) is 17.0 Å². The number of benzene rings is 2. The maximum Gasteiger partial charge on any atom is 0.242 e. The van der Waals surface area contributed by atoms with Gasteiger partial charge in [-0.3, -0.25) is 9.59 Å². The molecule has 0 aliphatic heterocycles. The van der Waals surface area contributed by atoms with Crippen molar-refractivity contribution in [2.75, 3.05) is 0 Å². The first-order valence-corrected chi connectivity index (χ1v) is 10.2. The van der Waals surface area contributed by atoms with E-state index in [9.17, 15) is 14.0 Å². The number of halogens is 2. The van der Waals surface area contributed by atoms with E-state index >= 15 is 0 Å². The first kappa shape index (κ1) is 22.9. The molecular weight excluding hydrogens is 391 g/mol. The number of carbonyl (C=O) groups excluding carboxylic acids is 2. The van der Waals surface area contributed by atoms with Gasteiger partial charge in [-0.2, -0.15) is 0 Å². The van der Waals surface area contributed by atoms with E-state index in [1.54, 1.807) is 13.0 Å². The lowest BCUT2D eigenvalue weighted by Gasteiger charge is -2.30. The molecule has 0 aromatic heterocycles. The van der Waals surface area contributed by atoms with Crippen molar-refractivity contribution in [3.05, 3.63) is 70.0 Å². The molecule has 1 N–H and O–H groups in total. The fraction of sp³-hybridized carbons (Fsp3) is 0.391. The minimum atomic E-state index is -0.707. The summed E-state index contributed by atoms with van der Waals surface area (Å²) in [5, 5.41) is 3.12. The maximum absolute atomic E-state index is 14.2. The highest BCUT2D eigenvalue weighted by atomic mass is 35.5. The van der Waals surface area contributed by atoms with Crippen molar-refractivity contribution in [3.63, 3.8) is 0 Å². The zero-order valence-electron chi connectivity index (χ0n) is 17.3. The standard InChI is InChI=1S/C23H28ClFN2O2/c1-5-16(3)26-23(29)17(4)27(14-18-10-7-6-9-15(18)2)22(28)13-19-20(24)11-8-12-21(19)25/h6-12,16-17H,5,13-14H2,1-4H3,(H,26,29)/t16-,17-/m1/s1. The number of hydrogen-bond donors (Lipinski definition) is 1. The van der Waals surface area contributed by atoms with Crippen LogP contribution >= 0.6 is 11.6 Å². The molecule has 29 heavy (non-hydrogen) atoms. The highest BCUT2D eigenvalue weighted by molar-refractivity contribution is 6.31. The van der Waals surface area contributed by atoms with Gasteiger partial charge in [0.2, 0.25) is 11.8 Å². The van der Waals surface area contributed by atoms with Gasteiger partial charge in [-0.25, -0.2) is 4.39 Å². The van der Waals surface area contributed by atoms with Crippen LogP contribution in [0.2, 0.25) is 5.02 Å². The molecule has 2 aromatic rings. The molecule has 0 bridgehead atoms. The van der Waals surface area contributed by atoms with Crippen LogP contribution in [0.1, 0.15) is 43.9 Å². The van der Waals surface area contributed by atoms with Gasteiger partial charge in [-0.1, -0.05) is 48.9 Å². The van der Waals surface area contributed by atoms with E-state index in [-0.39, 0.29) is 41.4 Å². The van der Waals surface area contributed by atoms with Crippen molar-refractivity contribution in [1.29, 1.82) is 0 Å². The number of nitrogens with zero attached hydrogens (tertiary/aromatic N) is 1. The van der Waals surface area contributed by atoms with Crippen LogP contribution in [0.4, 0.5) is 4.39 Å². The molecule has 2 amide bonds. The Hall–Kier alpha value is -2.40. The summed E-state index contributed by atoms with van der Waals surface area (Å²) < 4.78 is 14.2. The third-order valence-electron chi connectivity index (χ3n) is 5.16. The average Bonchev–Trinajstić information content (AvgIpc) is 2.69. The van der Waals surface area contributed by atoms with Crippen molar-refractivity contribution in [2.24, 2.45) is 0 Å². The highest BCUT2D eigenvalue weighted by Crippen LogP contribution is 2.22. The van der Waals surface area contributed by atoms with Crippen LogP contribution in [0.5, 0.6) is 0 Å². The molecule has 2 rings (SSSR count). The predicted octanol–water partition coefficient (Wildman–Crippen LogP) is 4.66. The number of amides is 2. The first-order chi connectivity index (χ1) is 13.7. The van der Waals surface area contributed by atoms with Gasteiger partial charge < -0.3 is 10.2 Å². The Balaban J connectivity index is 2.31. The van der Waals surface area contributed by atoms with Gasteiger partial charge in [-0.05, 0) is 50.5 Å². The molecular formula is C23H28ClFN2O2. The van der Waals surface area contributed by atoms with E-state index in [0.29, 0.717) is 0 Å². The minimum absolute atomic E-state index is 0.00127. The number of hydrogen-bond acceptors (Lipinski definition) is 2. The van der Waals surface area contributed by atoms with Gasteiger partial charge in [0.15, 0.2) is 0 Å². The fourth-order valence-electron chi connectivity index (χ4n) is 2.97. The van der Waals surface area contributed by atoms with Gasteiger partial charge in [0, 0.05) is 23.2 Å². The Bertz CT molecular complexity index is 851. The van der Waals surface area contributed by atoms with E-state index < -0.39 is 11.9 Å². The van der Waals surface area contributed by atoms with E-state index in [2.05, 4.69) is 5.32 Å². The molecule has 156 valence electrons. The second-order valence-corrected chi connectivity index (χ2v) is 7.73. The van der Waals surface area contributed by atoms with E-state index in [0.717, 1.165) is 17.5 Å². The second-order valence-electron chi connectivity index (χ2n) is 7.32. The summed E-state index contributed by atoms with van der Waals surface area (Å²) in [6.07, 6.45) is 0.577. The Morgan fingerprint density at radius 2 is 1.83 bits per heavy atom. The SMILES string of the molecule is CC[C@@H](C)NC(=O)[C@@H](C)N(Cc1ccccc1C)C(=O)Cc1c(F)cccc1Cl. The molecule has 0 saturated heterocycles. The average molecular weight is 419 g/mol. The van der Waals surface area contributed by atoms with Crippen molar-refractivity contribution < 1.29 is 14.0 Å². The number of rotatable bonds is 8. The number of nitrogens with one attached hydrogen (secondary N) is 1. The Morgan fingerprint density at radius 1 is 1.14 bits per heavy atom. The molecule has 0 aliphatic rings. The molecule has 4 nitrogen and oxygen atoms in total. The summed E-state index contributed by atoms with van der Waals surface area (Å²) >= 11 is 6.10. The molecule has 0 unspecified atom stereocenters. The first-order valence-electron chi connectivity index (χ1n) is 9.81. The smallest absolute Gasteiger partial charge is 0.242 e. The maximum atomic E-state index is 14.2.